The molecular weight excluding hydrogens is 286 g/mol. The smallest absolute Gasteiger partial charge is 0.270 e. The topological polar surface area (TPSA) is 68.1 Å². The predicted molar refractivity (Wildman–Crippen MR) is 83.5 cm³/mol. The van der Waals surface area contributed by atoms with E-state index in [4.69, 9.17) is 4.98 Å². The molecule has 0 aliphatic carbocycles. The zero-order valence-electron chi connectivity index (χ0n) is 11.8. The number of rotatable bonds is 3. The Labute approximate surface area is 127 Å². The Balaban J connectivity index is 1.93. The number of nitrogens with zero attached hydrogens (tertiary/aromatic N) is 2. The van der Waals surface area contributed by atoms with Crippen LogP contribution in [-0.2, 0) is 0 Å². The van der Waals surface area contributed by atoms with Gasteiger partial charge in [0, 0.05) is 22.6 Å². The fraction of sp³-hybridized carbons (Fsp3) is 0.400. The van der Waals surface area contributed by atoms with Crippen molar-refractivity contribution in [1.82, 2.24) is 10.3 Å². The van der Waals surface area contributed by atoms with E-state index in [1.807, 2.05) is 13.0 Å². The van der Waals surface area contributed by atoms with E-state index in [1.54, 1.807) is 23.5 Å². The minimum absolute atomic E-state index is 0.109. The Morgan fingerprint density at radius 1 is 1.43 bits per heavy atom. The van der Waals surface area contributed by atoms with E-state index in [0.29, 0.717) is 6.04 Å². The minimum atomic E-state index is -0.366. The van der Waals surface area contributed by atoms with Gasteiger partial charge < -0.3 is 5.32 Å². The highest BCUT2D eigenvalue weighted by molar-refractivity contribution is 7.12. The van der Waals surface area contributed by atoms with Gasteiger partial charge in [0.25, 0.3) is 5.69 Å². The van der Waals surface area contributed by atoms with Crippen LogP contribution < -0.4 is 5.32 Å². The monoisotopic (exact) mass is 303 g/mol. The van der Waals surface area contributed by atoms with Gasteiger partial charge in [0.15, 0.2) is 0 Å². The van der Waals surface area contributed by atoms with E-state index in [9.17, 15) is 10.1 Å². The van der Waals surface area contributed by atoms with Crippen molar-refractivity contribution in [1.29, 1.82) is 0 Å². The van der Waals surface area contributed by atoms with Gasteiger partial charge in [-0.25, -0.2) is 4.98 Å². The summed E-state index contributed by atoms with van der Waals surface area (Å²) in [4.78, 5) is 16.4. The molecule has 0 saturated carbocycles. The van der Waals surface area contributed by atoms with Gasteiger partial charge in [-0.2, -0.15) is 0 Å². The van der Waals surface area contributed by atoms with Crippen molar-refractivity contribution < 1.29 is 4.92 Å². The van der Waals surface area contributed by atoms with Crippen LogP contribution >= 0.6 is 11.3 Å². The van der Waals surface area contributed by atoms with Crippen LogP contribution in [0.5, 0.6) is 0 Å². The standard InChI is InChI=1S/C15H17N3O2S/c1-10-14(11-5-4-6-12(9-11)18(19)20)17-15(21-10)13-7-2-3-8-16-13/h4-6,9,13,16H,2-3,7-8H2,1H3. The van der Waals surface area contributed by atoms with Crippen molar-refractivity contribution in [2.24, 2.45) is 0 Å². The first-order chi connectivity index (χ1) is 10.1. The first kappa shape index (κ1) is 14.2. The molecule has 0 spiro atoms. The lowest BCUT2D eigenvalue weighted by atomic mass is 10.1. The number of nitro benzene ring substituents is 1. The van der Waals surface area contributed by atoms with Crippen LogP contribution in [0.25, 0.3) is 11.3 Å². The van der Waals surface area contributed by atoms with E-state index < -0.39 is 0 Å². The molecule has 1 aromatic heterocycles. The Hall–Kier alpha value is -1.79. The first-order valence-electron chi connectivity index (χ1n) is 7.10. The van der Waals surface area contributed by atoms with Crippen molar-refractivity contribution in [2.45, 2.75) is 32.2 Å². The highest BCUT2D eigenvalue weighted by atomic mass is 32.1. The third-order valence-electron chi connectivity index (χ3n) is 3.75. The van der Waals surface area contributed by atoms with Crippen LogP contribution in [-0.4, -0.2) is 16.5 Å². The maximum Gasteiger partial charge on any atom is 0.270 e. The second kappa shape index (κ2) is 5.91. The normalized spacial score (nSPS) is 18.6. The first-order valence-corrected chi connectivity index (χ1v) is 7.92. The van der Waals surface area contributed by atoms with Crippen LogP contribution in [0.2, 0.25) is 0 Å². The van der Waals surface area contributed by atoms with Gasteiger partial charge in [-0.15, -0.1) is 11.3 Å². The number of hydrogen-bond acceptors (Lipinski definition) is 5. The van der Waals surface area contributed by atoms with E-state index in [0.717, 1.165) is 34.1 Å². The highest BCUT2D eigenvalue weighted by Crippen LogP contribution is 2.34. The lowest BCUT2D eigenvalue weighted by Gasteiger charge is -2.21. The number of nitro groups is 1. The molecule has 1 aliphatic heterocycles. The molecule has 1 aliphatic rings. The van der Waals surface area contributed by atoms with Crippen molar-refractivity contribution >= 4 is 17.0 Å². The Morgan fingerprint density at radius 2 is 2.29 bits per heavy atom. The number of thiazole rings is 1. The van der Waals surface area contributed by atoms with Gasteiger partial charge >= 0.3 is 0 Å². The molecule has 1 atom stereocenters. The van der Waals surface area contributed by atoms with E-state index >= 15 is 0 Å². The van der Waals surface area contributed by atoms with Gasteiger partial charge in [0.05, 0.1) is 16.7 Å². The van der Waals surface area contributed by atoms with E-state index in [2.05, 4.69) is 5.32 Å². The summed E-state index contributed by atoms with van der Waals surface area (Å²) in [6.45, 7) is 3.06. The van der Waals surface area contributed by atoms with Gasteiger partial charge in [0.1, 0.15) is 5.01 Å². The highest BCUT2D eigenvalue weighted by Gasteiger charge is 2.20. The minimum Gasteiger partial charge on any atom is -0.308 e. The summed E-state index contributed by atoms with van der Waals surface area (Å²) in [6.07, 6.45) is 3.56. The molecule has 1 fully saturated rings. The Morgan fingerprint density at radius 3 is 3.00 bits per heavy atom. The zero-order chi connectivity index (χ0) is 14.8. The molecule has 1 unspecified atom stereocenters. The summed E-state index contributed by atoms with van der Waals surface area (Å²) in [7, 11) is 0. The lowest BCUT2D eigenvalue weighted by Crippen LogP contribution is -2.26. The summed E-state index contributed by atoms with van der Waals surface area (Å²) in [6, 6.07) is 7.03. The molecule has 110 valence electrons. The van der Waals surface area contributed by atoms with Crippen molar-refractivity contribution in [3.05, 3.63) is 44.3 Å². The molecule has 0 radical (unpaired) electrons. The fourth-order valence-electron chi connectivity index (χ4n) is 2.66. The third-order valence-corrected chi connectivity index (χ3v) is 4.84. The zero-order valence-corrected chi connectivity index (χ0v) is 12.7. The van der Waals surface area contributed by atoms with Crippen molar-refractivity contribution in [2.75, 3.05) is 6.54 Å². The number of hydrogen-bond donors (Lipinski definition) is 1. The fourth-order valence-corrected chi connectivity index (χ4v) is 3.72. The maximum absolute atomic E-state index is 10.9. The quantitative estimate of drug-likeness (QED) is 0.691. The summed E-state index contributed by atoms with van der Waals surface area (Å²) in [5.41, 5.74) is 1.79. The predicted octanol–water partition coefficient (Wildman–Crippen LogP) is 3.84. The molecule has 2 heterocycles. The Bertz CT molecular complexity index is 663. The molecule has 1 N–H and O–H groups in total. The molecule has 2 aromatic rings. The Kier molecular flexibility index (Phi) is 3.98. The lowest BCUT2D eigenvalue weighted by molar-refractivity contribution is -0.384. The summed E-state index contributed by atoms with van der Waals surface area (Å²) in [5, 5.41) is 15.5. The number of piperidine rings is 1. The van der Waals surface area contributed by atoms with Crippen LogP contribution in [0.3, 0.4) is 0 Å². The largest absolute Gasteiger partial charge is 0.308 e. The second-order valence-electron chi connectivity index (χ2n) is 5.27. The molecule has 5 nitrogen and oxygen atoms in total. The molecule has 21 heavy (non-hydrogen) atoms. The summed E-state index contributed by atoms with van der Waals surface area (Å²) < 4.78 is 0. The molecule has 1 saturated heterocycles. The number of aromatic nitrogens is 1. The molecule has 6 heteroatoms. The van der Waals surface area contributed by atoms with Gasteiger partial charge in [-0.1, -0.05) is 18.6 Å². The number of aryl methyl sites for hydroxylation is 1. The SMILES string of the molecule is Cc1sc(C2CCCCN2)nc1-c1cccc([N+](=O)[O-])c1. The molecule has 1 aromatic carbocycles. The van der Waals surface area contributed by atoms with Gasteiger partial charge in [-0.05, 0) is 26.3 Å². The average molecular weight is 303 g/mol. The van der Waals surface area contributed by atoms with Gasteiger partial charge in [0.2, 0.25) is 0 Å². The summed E-state index contributed by atoms with van der Waals surface area (Å²) >= 11 is 1.69. The number of non-ortho nitro benzene ring substituents is 1. The number of benzene rings is 1. The van der Waals surface area contributed by atoms with E-state index in [1.165, 1.54) is 18.9 Å². The van der Waals surface area contributed by atoms with E-state index in [-0.39, 0.29) is 10.6 Å². The van der Waals surface area contributed by atoms with Crippen LogP contribution in [0.1, 0.15) is 35.2 Å². The van der Waals surface area contributed by atoms with Crippen LogP contribution in [0, 0.1) is 17.0 Å². The van der Waals surface area contributed by atoms with Crippen molar-refractivity contribution in [3.63, 3.8) is 0 Å². The molecular formula is C15H17N3O2S. The summed E-state index contributed by atoms with van der Waals surface area (Å²) in [5.74, 6) is 0. The average Bonchev–Trinajstić information content (AvgIpc) is 2.90. The maximum atomic E-state index is 10.9. The molecule has 0 bridgehead atoms. The molecule has 0 amide bonds. The number of nitrogens with one attached hydrogen (secondary N) is 1. The molecule has 3 rings (SSSR count). The van der Waals surface area contributed by atoms with Crippen LogP contribution in [0.15, 0.2) is 24.3 Å². The van der Waals surface area contributed by atoms with Gasteiger partial charge in [-0.3, -0.25) is 10.1 Å². The van der Waals surface area contributed by atoms with Crippen molar-refractivity contribution in [3.8, 4) is 11.3 Å². The second-order valence-corrected chi connectivity index (χ2v) is 6.50. The third kappa shape index (κ3) is 2.96. The van der Waals surface area contributed by atoms with Crippen LogP contribution in [0.4, 0.5) is 5.69 Å².